The van der Waals surface area contributed by atoms with Crippen LogP contribution in [0.3, 0.4) is 0 Å². The highest BCUT2D eigenvalue weighted by atomic mass is 16.5. The van der Waals surface area contributed by atoms with Crippen LogP contribution in [-0.4, -0.2) is 48.8 Å². The first-order valence-electron chi connectivity index (χ1n) is 6.95. The summed E-state index contributed by atoms with van der Waals surface area (Å²) in [5, 5.41) is 15.0. The maximum absolute atomic E-state index is 12.2. The van der Waals surface area contributed by atoms with Crippen LogP contribution in [-0.2, 0) is 14.3 Å². The van der Waals surface area contributed by atoms with Crippen molar-refractivity contribution < 1.29 is 19.4 Å². The highest BCUT2D eigenvalue weighted by molar-refractivity contribution is 5.83. The van der Waals surface area contributed by atoms with Gasteiger partial charge in [0.2, 0.25) is 5.91 Å². The average Bonchev–Trinajstić information content (AvgIpc) is 3.05. The van der Waals surface area contributed by atoms with Gasteiger partial charge in [0.1, 0.15) is 0 Å². The second-order valence-corrected chi connectivity index (χ2v) is 5.43. The number of carboxylic acid groups (broad SMARTS) is 1. The van der Waals surface area contributed by atoms with E-state index in [1.54, 1.807) is 0 Å². The number of carbonyl (C=O) groups excluding carboxylic acids is 1. The molecule has 0 aromatic rings. The van der Waals surface area contributed by atoms with Gasteiger partial charge in [-0.1, -0.05) is 6.92 Å². The molecule has 2 rings (SSSR count). The van der Waals surface area contributed by atoms with E-state index in [1.807, 2.05) is 6.92 Å². The van der Waals surface area contributed by atoms with E-state index < -0.39 is 12.1 Å². The number of hydrogen-bond acceptors (Lipinski definition) is 4. The summed E-state index contributed by atoms with van der Waals surface area (Å²) in [5.74, 6) is -0.860. The van der Waals surface area contributed by atoms with Crippen LogP contribution in [0.2, 0.25) is 0 Å². The highest BCUT2D eigenvalue weighted by Gasteiger charge is 2.40. The molecule has 0 bridgehead atoms. The molecule has 0 radical (unpaired) electrons. The van der Waals surface area contributed by atoms with Crippen LogP contribution in [0.25, 0.3) is 0 Å². The molecule has 2 saturated heterocycles. The van der Waals surface area contributed by atoms with E-state index in [-0.39, 0.29) is 17.4 Å². The van der Waals surface area contributed by atoms with E-state index in [4.69, 9.17) is 9.84 Å². The topological polar surface area (TPSA) is 87.7 Å². The lowest BCUT2D eigenvalue weighted by atomic mass is 9.83. The average molecular weight is 270 g/mol. The molecular formula is C13H22N2O4. The maximum atomic E-state index is 12.2. The van der Waals surface area contributed by atoms with Gasteiger partial charge in [0.05, 0.1) is 11.5 Å². The number of aliphatic carboxylic acids is 1. The number of ether oxygens (including phenoxy) is 1. The van der Waals surface area contributed by atoms with Gasteiger partial charge in [-0.25, -0.2) is 4.79 Å². The first kappa shape index (κ1) is 14.3. The molecule has 1 amide bonds. The van der Waals surface area contributed by atoms with Crippen molar-refractivity contribution >= 4 is 11.9 Å². The summed E-state index contributed by atoms with van der Waals surface area (Å²) in [6.45, 7) is 4.03. The van der Waals surface area contributed by atoms with E-state index in [9.17, 15) is 9.59 Å². The van der Waals surface area contributed by atoms with Crippen molar-refractivity contribution in [2.75, 3.05) is 19.6 Å². The Labute approximate surface area is 112 Å². The highest BCUT2D eigenvalue weighted by Crippen LogP contribution is 2.29. The molecule has 3 unspecified atom stereocenters. The maximum Gasteiger partial charge on any atom is 0.332 e. The Hall–Kier alpha value is -1.14. The van der Waals surface area contributed by atoms with E-state index in [0.29, 0.717) is 19.4 Å². The third kappa shape index (κ3) is 3.06. The third-order valence-corrected chi connectivity index (χ3v) is 4.28. The van der Waals surface area contributed by atoms with Gasteiger partial charge < -0.3 is 20.5 Å². The van der Waals surface area contributed by atoms with E-state index in [0.717, 1.165) is 25.9 Å². The lowest BCUT2D eigenvalue weighted by Crippen LogP contribution is -2.44. The molecule has 108 valence electrons. The van der Waals surface area contributed by atoms with E-state index in [2.05, 4.69) is 10.6 Å². The Morgan fingerprint density at radius 2 is 2.26 bits per heavy atom. The van der Waals surface area contributed by atoms with Crippen LogP contribution in [0, 0.1) is 5.41 Å². The number of carbonyl (C=O) groups is 2. The van der Waals surface area contributed by atoms with E-state index in [1.165, 1.54) is 0 Å². The monoisotopic (exact) mass is 270 g/mol. The Bertz CT molecular complexity index is 353. The first-order valence-corrected chi connectivity index (χ1v) is 6.95. The lowest BCUT2D eigenvalue weighted by molar-refractivity contribution is -0.149. The summed E-state index contributed by atoms with van der Waals surface area (Å²) in [4.78, 5) is 23.0. The smallest absolute Gasteiger partial charge is 0.332 e. The normalized spacial score (nSPS) is 34.4. The van der Waals surface area contributed by atoms with Gasteiger partial charge in [-0.15, -0.1) is 0 Å². The van der Waals surface area contributed by atoms with Crippen molar-refractivity contribution in [2.45, 2.75) is 44.8 Å². The summed E-state index contributed by atoms with van der Waals surface area (Å²) < 4.78 is 5.37. The fourth-order valence-electron chi connectivity index (χ4n) is 2.83. The molecule has 6 heteroatoms. The molecule has 2 heterocycles. The molecule has 6 nitrogen and oxygen atoms in total. The second kappa shape index (κ2) is 5.88. The minimum atomic E-state index is -0.918. The van der Waals surface area contributed by atoms with Crippen LogP contribution >= 0.6 is 0 Å². The van der Waals surface area contributed by atoms with Crippen molar-refractivity contribution in [2.24, 2.45) is 5.41 Å². The van der Waals surface area contributed by atoms with Crippen LogP contribution in [0.1, 0.15) is 32.6 Å². The van der Waals surface area contributed by atoms with Gasteiger partial charge in [0, 0.05) is 13.1 Å². The molecule has 3 N–H and O–H groups in total. The van der Waals surface area contributed by atoms with Gasteiger partial charge in [0.15, 0.2) is 6.10 Å². The molecule has 0 aliphatic carbocycles. The van der Waals surface area contributed by atoms with Gasteiger partial charge in [-0.2, -0.15) is 0 Å². The Morgan fingerprint density at radius 1 is 1.47 bits per heavy atom. The van der Waals surface area contributed by atoms with Crippen LogP contribution < -0.4 is 10.6 Å². The number of hydrogen-bond donors (Lipinski definition) is 3. The molecule has 2 fully saturated rings. The first-order chi connectivity index (χ1) is 9.07. The van der Waals surface area contributed by atoms with E-state index >= 15 is 0 Å². The molecule has 0 aromatic carbocycles. The van der Waals surface area contributed by atoms with Crippen LogP contribution in [0.5, 0.6) is 0 Å². The molecule has 3 atom stereocenters. The van der Waals surface area contributed by atoms with Crippen LogP contribution in [0.15, 0.2) is 0 Å². The zero-order valence-electron chi connectivity index (χ0n) is 11.3. The van der Waals surface area contributed by atoms with Gasteiger partial charge in [-0.05, 0) is 32.2 Å². The summed E-state index contributed by atoms with van der Waals surface area (Å²) in [7, 11) is 0. The van der Waals surface area contributed by atoms with Gasteiger partial charge in [0.25, 0.3) is 0 Å². The van der Waals surface area contributed by atoms with Crippen molar-refractivity contribution in [1.29, 1.82) is 0 Å². The Kier molecular flexibility index (Phi) is 4.42. The molecule has 2 aliphatic rings. The molecular weight excluding hydrogens is 248 g/mol. The van der Waals surface area contributed by atoms with Crippen molar-refractivity contribution in [3.63, 3.8) is 0 Å². The SMILES string of the molecule is CCC1(C(=O)NCC2CCC(C(=O)O)O2)CCNC1. The van der Waals surface area contributed by atoms with Gasteiger partial charge in [-0.3, -0.25) is 4.79 Å². The summed E-state index contributed by atoms with van der Waals surface area (Å²) >= 11 is 0. The standard InChI is InChI=1S/C13H22N2O4/c1-2-13(5-6-14-8-13)12(18)15-7-9-3-4-10(19-9)11(16)17/h9-10,14H,2-8H2,1H3,(H,15,18)(H,16,17). The molecule has 0 spiro atoms. The Balaban J connectivity index is 1.79. The van der Waals surface area contributed by atoms with Crippen LogP contribution in [0.4, 0.5) is 0 Å². The van der Waals surface area contributed by atoms with Crippen molar-refractivity contribution in [3.05, 3.63) is 0 Å². The number of nitrogens with one attached hydrogen (secondary N) is 2. The minimum absolute atomic E-state index is 0.0578. The number of amides is 1. The second-order valence-electron chi connectivity index (χ2n) is 5.43. The summed E-state index contributed by atoms with van der Waals surface area (Å²) in [6, 6.07) is 0. The predicted molar refractivity (Wildman–Crippen MR) is 68.8 cm³/mol. The Morgan fingerprint density at radius 3 is 2.79 bits per heavy atom. The van der Waals surface area contributed by atoms with Crippen molar-refractivity contribution in [1.82, 2.24) is 10.6 Å². The quantitative estimate of drug-likeness (QED) is 0.660. The molecule has 2 aliphatic heterocycles. The fraction of sp³-hybridized carbons (Fsp3) is 0.846. The number of rotatable bonds is 5. The largest absolute Gasteiger partial charge is 0.479 e. The molecule has 19 heavy (non-hydrogen) atoms. The fourth-order valence-corrected chi connectivity index (χ4v) is 2.83. The molecule has 0 saturated carbocycles. The van der Waals surface area contributed by atoms with Gasteiger partial charge >= 0.3 is 5.97 Å². The lowest BCUT2D eigenvalue weighted by Gasteiger charge is -2.26. The minimum Gasteiger partial charge on any atom is -0.479 e. The predicted octanol–water partition coefficient (Wildman–Crippen LogP) is 0.125. The summed E-state index contributed by atoms with van der Waals surface area (Å²) in [5.41, 5.74) is -0.301. The zero-order chi connectivity index (χ0) is 13.9. The number of carboxylic acids is 1. The summed E-state index contributed by atoms with van der Waals surface area (Å²) in [6.07, 6.45) is 2.00. The zero-order valence-corrected chi connectivity index (χ0v) is 11.3. The molecule has 0 aromatic heterocycles. The third-order valence-electron chi connectivity index (χ3n) is 4.28. The van der Waals surface area contributed by atoms with Crippen molar-refractivity contribution in [3.8, 4) is 0 Å².